The minimum atomic E-state index is -0.0221. The molecule has 1 aromatic heterocycles. The molecule has 0 radical (unpaired) electrons. The highest BCUT2D eigenvalue weighted by Gasteiger charge is 2.28. The number of quaternary nitrogens is 1. The number of carbonyl (C=O) groups is 1. The zero-order valence-electron chi connectivity index (χ0n) is 14.2. The molecule has 128 valence electrons. The van der Waals surface area contributed by atoms with Crippen LogP contribution in [0.3, 0.4) is 0 Å². The third-order valence-electron chi connectivity index (χ3n) is 4.77. The molecule has 6 nitrogen and oxygen atoms in total. The number of nitrogens with one attached hydrogen (secondary N) is 1. The van der Waals surface area contributed by atoms with Crippen molar-refractivity contribution in [1.82, 2.24) is 15.0 Å². The summed E-state index contributed by atoms with van der Waals surface area (Å²) in [5.41, 5.74) is 1.38. The van der Waals surface area contributed by atoms with Gasteiger partial charge in [0.15, 0.2) is 0 Å². The molecule has 2 heterocycles. The Kier molecular flexibility index (Phi) is 4.19. The normalized spacial score (nSPS) is 20.5. The first-order valence-corrected chi connectivity index (χ1v) is 8.68. The van der Waals surface area contributed by atoms with Crippen molar-refractivity contribution in [2.75, 3.05) is 13.1 Å². The molecular weight excluding hydrogens is 316 g/mol. The summed E-state index contributed by atoms with van der Waals surface area (Å²) in [7, 11) is 0. The number of fused-ring (bicyclic) bond motifs is 1. The van der Waals surface area contributed by atoms with Crippen LogP contribution >= 0.6 is 0 Å². The van der Waals surface area contributed by atoms with E-state index in [4.69, 9.17) is 4.74 Å². The predicted molar refractivity (Wildman–Crippen MR) is 93.9 cm³/mol. The predicted octanol–water partition coefficient (Wildman–Crippen LogP) is 2.51. The minimum absolute atomic E-state index is 0.0221. The number of amides is 1. The third-order valence-corrected chi connectivity index (χ3v) is 4.77. The number of hydrogen-bond acceptors (Lipinski definition) is 4. The second kappa shape index (κ2) is 6.64. The van der Waals surface area contributed by atoms with E-state index in [0.717, 1.165) is 42.1 Å². The first-order chi connectivity index (χ1) is 12.2. The highest BCUT2D eigenvalue weighted by Crippen LogP contribution is 2.24. The molecule has 0 unspecified atom stereocenters. The zero-order valence-corrected chi connectivity index (χ0v) is 14.2. The van der Waals surface area contributed by atoms with Crippen LogP contribution in [-0.2, 0) is 0 Å². The van der Waals surface area contributed by atoms with Gasteiger partial charge in [-0.1, -0.05) is 30.3 Å². The third kappa shape index (κ3) is 3.25. The van der Waals surface area contributed by atoms with E-state index in [1.54, 1.807) is 0 Å². The van der Waals surface area contributed by atoms with Crippen LogP contribution in [0.2, 0.25) is 0 Å². The monoisotopic (exact) mass is 337 g/mol. The van der Waals surface area contributed by atoms with Crippen molar-refractivity contribution in [3.8, 4) is 11.5 Å². The Morgan fingerprint density at radius 1 is 1.12 bits per heavy atom. The van der Waals surface area contributed by atoms with Crippen molar-refractivity contribution < 1.29 is 14.4 Å². The fourth-order valence-electron chi connectivity index (χ4n) is 3.22. The largest absolute Gasteiger partial charge is 0.457 e. The number of benzene rings is 2. The van der Waals surface area contributed by atoms with E-state index in [1.807, 2.05) is 48.5 Å². The first-order valence-electron chi connectivity index (χ1n) is 8.68. The van der Waals surface area contributed by atoms with Crippen molar-refractivity contribution in [2.24, 2.45) is 5.92 Å². The maximum atomic E-state index is 12.7. The SMILES string of the molecule is CC1CC[NH+](C(=O)n2nnc3cc(Oc4ccccc4)ccc32)CC1. The number of nitrogens with zero attached hydrogens (tertiary/aromatic N) is 3. The number of rotatable bonds is 2. The summed E-state index contributed by atoms with van der Waals surface area (Å²) in [5, 5.41) is 8.23. The van der Waals surface area contributed by atoms with E-state index >= 15 is 0 Å². The molecule has 25 heavy (non-hydrogen) atoms. The lowest BCUT2D eigenvalue weighted by atomic mass is 10.00. The fraction of sp³-hybridized carbons (Fsp3) is 0.316. The van der Waals surface area contributed by atoms with Crippen LogP contribution in [0.5, 0.6) is 11.5 Å². The van der Waals surface area contributed by atoms with Gasteiger partial charge in [0.05, 0.1) is 13.1 Å². The van der Waals surface area contributed by atoms with Gasteiger partial charge in [0.1, 0.15) is 22.5 Å². The number of likely N-dealkylation sites (tertiary alicyclic amines) is 1. The molecule has 1 fully saturated rings. The lowest BCUT2D eigenvalue weighted by molar-refractivity contribution is -0.823. The Balaban J connectivity index is 1.56. The summed E-state index contributed by atoms with van der Waals surface area (Å²) in [5.74, 6) is 2.14. The van der Waals surface area contributed by atoms with Crippen molar-refractivity contribution in [2.45, 2.75) is 19.8 Å². The van der Waals surface area contributed by atoms with Gasteiger partial charge in [-0.05, 0) is 43.0 Å². The van der Waals surface area contributed by atoms with Crippen molar-refractivity contribution in [1.29, 1.82) is 0 Å². The molecular formula is C19H21N4O2+. The summed E-state index contributed by atoms with van der Waals surface area (Å²) in [4.78, 5) is 13.7. The van der Waals surface area contributed by atoms with Gasteiger partial charge in [-0.25, -0.2) is 9.69 Å². The van der Waals surface area contributed by atoms with E-state index in [0.29, 0.717) is 17.2 Å². The molecule has 1 saturated heterocycles. The summed E-state index contributed by atoms with van der Waals surface area (Å²) >= 11 is 0. The minimum Gasteiger partial charge on any atom is -0.457 e. The maximum absolute atomic E-state index is 12.7. The number of piperidine rings is 1. The topological polar surface area (TPSA) is 61.5 Å². The van der Waals surface area contributed by atoms with Crippen molar-refractivity contribution >= 4 is 17.1 Å². The van der Waals surface area contributed by atoms with E-state index in [2.05, 4.69) is 17.2 Å². The molecule has 1 aliphatic rings. The summed E-state index contributed by atoms with van der Waals surface area (Å²) in [6.07, 6.45) is 2.14. The summed E-state index contributed by atoms with van der Waals surface area (Å²) < 4.78 is 7.24. The number of para-hydroxylation sites is 1. The standard InChI is InChI=1S/C19H20N4O2/c1-14-9-11-22(12-10-14)19(24)23-18-8-7-16(13-17(18)20-21-23)25-15-5-3-2-4-6-15/h2-8,13-14H,9-12H2,1H3/p+1. The quantitative estimate of drug-likeness (QED) is 0.780. The number of hydrogen-bond donors (Lipinski definition) is 1. The van der Waals surface area contributed by atoms with Gasteiger partial charge in [-0.2, -0.15) is 0 Å². The molecule has 1 aliphatic heterocycles. The molecule has 0 aliphatic carbocycles. The smallest absolute Gasteiger partial charge is 0.444 e. The van der Waals surface area contributed by atoms with Crippen LogP contribution in [0.15, 0.2) is 48.5 Å². The number of carbonyl (C=O) groups excluding carboxylic acids is 1. The van der Waals surface area contributed by atoms with Gasteiger partial charge >= 0.3 is 6.03 Å². The van der Waals surface area contributed by atoms with Crippen LogP contribution in [0.4, 0.5) is 4.79 Å². The Morgan fingerprint density at radius 3 is 2.64 bits per heavy atom. The Labute approximate surface area is 146 Å². The number of ether oxygens (including phenoxy) is 1. The van der Waals surface area contributed by atoms with E-state index < -0.39 is 0 Å². The zero-order chi connectivity index (χ0) is 17.2. The van der Waals surface area contributed by atoms with Crippen LogP contribution in [0.25, 0.3) is 11.0 Å². The lowest BCUT2D eigenvalue weighted by Crippen LogP contribution is -3.16. The van der Waals surface area contributed by atoms with Crippen molar-refractivity contribution in [3.05, 3.63) is 48.5 Å². The first kappa shape index (κ1) is 15.8. The molecule has 0 atom stereocenters. The number of aromatic nitrogens is 3. The molecule has 2 aromatic carbocycles. The van der Waals surface area contributed by atoms with Gasteiger partial charge in [0.2, 0.25) is 0 Å². The molecule has 1 amide bonds. The highest BCUT2D eigenvalue weighted by atomic mass is 16.5. The van der Waals surface area contributed by atoms with Crippen LogP contribution in [0, 0.1) is 5.92 Å². The molecule has 4 rings (SSSR count). The molecule has 0 spiro atoms. The summed E-state index contributed by atoms with van der Waals surface area (Å²) in [6, 6.07) is 15.1. The van der Waals surface area contributed by atoms with Gasteiger partial charge in [0, 0.05) is 6.07 Å². The Bertz CT molecular complexity index is 883. The molecule has 6 heteroatoms. The van der Waals surface area contributed by atoms with Gasteiger partial charge in [-0.15, -0.1) is 9.78 Å². The van der Waals surface area contributed by atoms with E-state index in [-0.39, 0.29) is 6.03 Å². The van der Waals surface area contributed by atoms with Gasteiger partial charge in [0.25, 0.3) is 0 Å². The molecule has 1 N–H and O–H groups in total. The Hall–Kier alpha value is -2.73. The van der Waals surface area contributed by atoms with Crippen LogP contribution < -0.4 is 9.64 Å². The fourth-order valence-corrected chi connectivity index (χ4v) is 3.22. The van der Waals surface area contributed by atoms with E-state index in [1.165, 1.54) is 4.68 Å². The van der Waals surface area contributed by atoms with Crippen LogP contribution in [0.1, 0.15) is 19.8 Å². The molecule has 0 bridgehead atoms. The van der Waals surface area contributed by atoms with Gasteiger partial charge in [-0.3, -0.25) is 0 Å². The molecule has 0 saturated carbocycles. The molecule has 3 aromatic rings. The Morgan fingerprint density at radius 2 is 1.88 bits per heavy atom. The van der Waals surface area contributed by atoms with Crippen LogP contribution in [-0.4, -0.2) is 34.1 Å². The van der Waals surface area contributed by atoms with E-state index in [9.17, 15) is 4.79 Å². The second-order valence-corrected chi connectivity index (χ2v) is 6.66. The lowest BCUT2D eigenvalue weighted by Gasteiger charge is -2.24. The van der Waals surface area contributed by atoms with Gasteiger partial charge < -0.3 is 4.74 Å². The average molecular weight is 337 g/mol. The summed E-state index contributed by atoms with van der Waals surface area (Å²) in [6.45, 7) is 3.95. The second-order valence-electron chi connectivity index (χ2n) is 6.66. The highest BCUT2D eigenvalue weighted by molar-refractivity contribution is 5.84. The average Bonchev–Trinajstić information content (AvgIpc) is 3.06. The maximum Gasteiger partial charge on any atom is 0.444 e. The van der Waals surface area contributed by atoms with Crippen molar-refractivity contribution in [3.63, 3.8) is 0 Å².